The molecule has 0 spiro atoms. The van der Waals surface area contributed by atoms with E-state index in [0.717, 1.165) is 0 Å². The number of nitrogens with one attached hydrogen (secondary N) is 2. The Morgan fingerprint density at radius 3 is 2.25 bits per heavy atom. The van der Waals surface area contributed by atoms with Crippen molar-refractivity contribution in [3.63, 3.8) is 0 Å². The molecule has 1 aromatic heterocycles. The summed E-state index contributed by atoms with van der Waals surface area (Å²) in [5.41, 5.74) is 0.445. The van der Waals surface area contributed by atoms with E-state index in [4.69, 9.17) is 9.52 Å². The zero-order valence-corrected chi connectivity index (χ0v) is 10.6. The van der Waals surface area contributed by atoms with Gasteiger partial charge in [0.05, 0.1) is 6.26 Å². The van der Waals surface area contributed by atoms with Gasteiger partial charge in [0, 0.05) is 18.7 Å². The summed E-state index contributed by atoms with van der Waals surface area (Å²) in [5.74, 6) is -0.256. The second kappa shape index (κ2) is 6.42. The number of carbonyl (C=O) groups is 2. The zero-order valence-electron chi connectivity index (χ0n) is 10.6. The van der Waals surface area contributed by atoms with Gasteiger partial charge in [0.2, 0.25) is 0 Å². The number of carbonyl (C=O) groups excluding carboxylic acids is 2. The minimum atomic E-state index is -0.325. The first kappa shape index (κ1) is 13.7. The van der Waals surface area contributed by atoms with Gasteiger partial charge in [-0.05, 0) is 36.4 Å². The van der Waals surface area contributed by atoms with Gasteiger partial charge in [-0.3, -0.25) is 9.59 Å². The highest BCUT2D eigenvalue weighted by atomic mass is 16.3. The number of hydrogen-bond acceptors (Lipinski definition) is 4. The highest BCUT2D eigenvalue weighted by Gasteiger charge is 2.08. The van der Waals surface area contributed by atoms with Crippen molar-refractivity contribution in [1.82, 2.24) is 10.6 Å². The molecule has 104 valence electrons. The molecule has 0 fully saturated rings. The number of benzene rings is 1. The summed E-state index contributed by atoms with van der Waals surface area (Å²) >= 11 is 0. The SMILES string of the molecule is O=C(NCCNC(=O)c1ccco1)c1ccc(O)cc1. The fourth-order valence-corrected chi connectivity index (χ4v) is 1.56. The fourth-order valence-electron chi connectivity index (χ4n) is 1.56. The van der Waals surface area contributed by atoms with Gasteiger partial charge in [0.15, 0.2) is 5.76 Å². The average molecular weight is 274 g/mol. The Hall–Kier alpha value is -2.76. The Balaban J connectivity index is 1.72. The molecule has 0 aliphatic rings. The van der Waals surface area contributed by atoms with Gasteiger partial charge in [-0.2, -0.15) is 0 Å². The number of aromatic hydroxyl groups is 1. The number of phenolic OH excluding ortho intramolecular Hbond substituents is 1. The third-order valence-corrected chi connectivity index (χ3v) is 2.57. The van der Waals surface area contributed by atoms with Crippen LogP contribution in [0.1, 0.15) is 20.9 Å². The number of rotatable bonds is 5. The number of hydrogen-bond donors (Lipinski definition) is 3. The molecule has 1 heterocycles. The van der Waals surface area contributed by atoms with E-state index in [1.54, 1.807) is 12.1 Å². The average Bonchev–Trinajstić information content (AvgIpc) is 2.98. The van der Waals surface area contributed by atoms with Crippen molar-refractivity contribution in [1.29, 1.82) is 0 Å². The van der Waals surface area contributed by atoms with Gasteiger partial charge in [0.25, 0.3) is 11.8 Å². The Morgan fingerprint density at radius 1 is 1.00 bits per heavy atom. The van der Waals surface area contributed by atoms with E-state index < -0.39 is 0 Å². The number of furan rings is 1. The fraction of sp³-hybridized carbons (Fsp3) is 0.143. The van der Waals surface area contributed by atoms with E-state index in [9.17, 15) is 9.59 Å². The van der Waals surface area contributed by atoms with Gasteiger partial charge in [-0.15, -0.1) is 0 Å². The third-order valence-electron chi connectivity index (χ3n) is 2.57. The van der Waals surface area contributed by atoms with Crippen molar-refractivity contribution in [2.45, 2.75) is 0 Å². The monoisotopic (exact) mass is 274 g/mol. The Labute approximate surface area is 115 Å². The molecular weight excluding hydrogens is 260 g/mol. The standard InChI is InChI=1S/C14H14N2O4/c17-11-5-3-10(4-6-11)13(18)15-7-8-16-14(19)12-2-1-9-20-12/h1-6,9,17H,7-8H2,(H,15,18)(H,16,19). The van der Waals surface area contributed by atoms with E-state index in [-0.39, 0.29) is 23.3 Å². The lowest BCUT2D eigenvalue weighted by atomic mass is 10.2. The maximum atomic E-state index is 11.7. The largest absolute Gasteiger partial charge is 0.508 e. The molecule has 3 N–H and O–H groups in total. The second-order valence-corrected chi connectivity index (χ2v) is 4.04. The van der Waals surface area contributed by atoms with Crippen LogP contribution in [0.15, 0.2) is 47.1 Å². The van der Waals surface area contributed by atoms with Gasteiger partial charge >= 0.3 is 0 Å². The maximum absolute atomic E-state index is 11.7. The quantitative estimate of drug-likeness (QED) is 0.713. The molecule has 0 aliphatic carbocycles. The maximum Gasteiger partial charge on any atom is 0.287 e. The molecule has 0 unspecified atom stereocenters. The molecular formula is C14H14N2O4. The van der Waals surface area contributed by atoms with Gasteiger partial charge in [0.1, 0.15) is 5.75 Å². The van der Waals surface area contributed by atoms with Crippen molar-refractivity contribution in [2.75, 3.05) is 13.1 Å². The molecule has 0 saturated heterocycles. The summed E-state index contributed by atoms with van der Waals surface area (Å²) in [6, 6.07) is 9.10. The van der Waals surface area contributed by atoms with Crippen LogP contribution in [0.25, 0.3) is 0 Å². The van der Waals surface area contributed by atoms with Crippen LogP contribution in [0.5, 0.6) is 5.75 Å². The molecule has 6 nitrogen and oxygen atoms in total. The smallest absolute Gasteiger partial charge is 0.287 e. The molecule has 0 bridgehead atoms. The second-order valence-electron chi connectivity index (χ2n) is 4.04. The third kappa shape index (κ3) is 3.61. The molecule has 2 aromatic rings. The zero-order chi connectivity index (χ0) is 14.4. The van der Waals surface area contributed by atoms with Crippen molar-refractivity contribution < 1.29 is 19.1 Å². The van der Waals surface area contributed by atoms with E-state index in [0.29, 0.717) is 18.7 Å². The van der Waals surface area contributed by atoms with Crippen molar-refractivity contribution >= 4 is 11.8 Å². The lowest BCUT2D eigenvalue weighted by Crippen LogP contribution is -2.34. The molecule has 20 heavy (non-hydrogen) atoms. The van der Waals surface area contributed by atoms with Crippen molar-refractivity contribution in [3.8, 4) is 5.75 Å². The minimum Gasteiger partial charge on any atom is -0.508 e. The summed E-state index contributed by atoms with van der Waals surface area (Å²) in [6.07, 6.45) is 1.42. The number of amides is 2. The van der Waals surface area contributed by atoms with E-state index in [1.807, 2.05) is 0 Å². The first-order valence-corrected chi connectivity index (χ1v) is 6.06. The molecule has 0 atom stereocenters. The summed E-state index contributed by atoms with van der Waals surface area (Å²) < 4.78 is 4.93. The molecule has 0 radical (unpaired) electrons. The van der Waals surface area contributed by atoms with Crippen LogP contribution in [0, 0.1) is 0 Å². The predicted octanol–water partition coefficient (Wildman–Crippen LogP) is 1.14. The molecule has 0 aliphatic heterocycles. The van der Waals surface area contributed by atoms with Gasteiger partial charge in [-0.1, -0.05) is 0 Å². The van der Waals surface area contributed by atoms with Crippen LogP contribution >= 0.6 is 0 Å². The topological polar surface area (TPSA) is 91.6 Å². The van der Waals surface area contributed by atoms with E-state index >= 15 is 0 Å². The van der Waals surface area contributed by atoms with Crippen LogP contribution in [0.3, 0.4) is 0 Å². The summed E-state index contributed by atoms with van der Waals surface area (Å²) in [7, 11) is 0. The van der Waals surface area contributed by atoms with Crippen LogP contribution in [0.2, 0.25) is 0 Å². The molecule has 1 aromatic carbocycles. The van der Waals surface area contributed by atoms with Gasteiger partial charge in [-0.25, -0.2) is 0 Å². The van der Waals surface area contributed by atoms with Gasteiger partial charge < -0.3 is 20.2 Å². The van der Waals surface area contributed by atoms with Crippen molar-refractivity contribution in [3.05, 3.63) is 54.0 Å². The molecule has 2 amide bonds. The summed E-state index contributed by atoms with van der Waals surface area (Å²) in [4.78, 5) is 23.2. The van der Waals surface area contributed by atoms with E-state index in [2.05, 4.69) is 10.6 Å². The van der Waals surface area contributed by atoms with Crippen LogP contribution in [-0.2, 0) is 0 Å². The Morgan fingerprint density at radius 2 is 1.65 bits per heavy atom. The lowest BCUT2D eigenvalue weighted by Gasteiger charge is -2.06. The normalized spacial score (nSPS) is 10.0. The predicted molar refractivity (Wildman–Crippen MR) is 71.5 cm³/mol. The minimum absolute atomic E-state index is 0.104. The first-order chi connectivity index (χ1) is 9.66. The molecule has 2 rings (SSSR count). The summed E-state index contributed by atoms with van der Waals surface area (Å²) in [6.45, 7) is 0.593. The van der Waals surface area contributed by atoms with E-state index in [1.165, 1.54) is 30.5 Å². The highest BCUT2D eigenvalue weighted by Crippen LogP contribution is 2.09. The van der Waals surface area contributed by atoms with Crippen LogP contribution in [0.4, 0.5) is 0 Å². The Kier molecular flexibility index (Phi) is 4.39. The van der Waals surface area contributed by atoms with Crippen molar-refractivity contribution in [2.24, 2.45) is 0 Å². The highest BCUT2D eigenvalue weighted by molar-refractivity contribution is 5.94. The Bertz CT molecular complexity index is 576. The summed E-state index contributed by atoms with van der Waals surface area (Å²) in [5, 5.41) is 14.4. The molecule has 0 saturated carbocycles. The van der Waals surface area contributed by atoms with Crippen LogP contribution < -0.4 is 10.6 Å². The first-order valence-electron chi connectivity index (χ1n) is 6.06. The number of phenols is 1. The molecule has 6 heteroatoms. The lowest BCUT2D eigenvalue weighted by molar-refractivity contribution is 0.0910. The van der Waals surface area contributed by atoms with Crippen LogP contribution in [-0.4, -0.2) is 30.0 Å².